The molecule has 0 bridgehead atoms. The maximum absolute atomic E-state index is 13.0. The number of hydrogen-bond donors (Lipinski definition) is 3. The van der Waals surface area contributed by atoms with Crippen molar-refractivity contribution in [1.82, 2.24) is 15.8 Å². The first-order valence-electron chi connectivity index (χ1n) is 10.5. The summed E-state index contributed by atoms with van der Waals surface area (Å²) in [5.74, 6) is -1.35. The van der Waals surface area contributed by atoms with Gasteiger partial charge in [-0.2, -0.15) is 0 Å². The molecule has 0 saturated carbocycles. The molecule has 1 heterocycles. The van der Waals surface area contributed by atoms with Crippen molar-refractivity contribution in [2.75, 3.05) is 6.61 Å². The Morgan fingerprint density at radius 3 is 2.38 bits per heavy atom. The monoisotopic (exact) mass is 454 g/mol. The van der Waals surface area contributed by atoms with Crippen LogP contribution in [0.5, 0.6) is 5.75 Å². The lowest BCUT2D eigenvalue weighted by Crippen LogP contribution is -2.41. The zero-order chi connectivity index (χ0) is 24.1. The number of nitrogens with zero attached hydrogens (tertiary/aromatic N) is 1. The molecule has 0 atom stereocenters. The van der Waals surface area contributed by atoms with E-state index in [0.717, 1.165) is 11.1 Å². The molecular formula is C26H22N4O4. The number of benzene rings is 3. The van der Waals surface area contributed by atoms with Gasteiger partial charge in [0.15, 0.2) is 6.61 Å². The number of hydrazine groups is 1. The standard InChI is InChI=1S/C26H22N4O4/c1-16-9-11-17(12-10-16)23-14-21(20-7-2-3-8-22(20)28-23)26(33)30-29-25(32)18-5-4-6-19(13-18)34-15-24(27)31/h2-14H,15H2,1H3,(H2,27,31)(H,29,32)(H,30,33). The van der Waals surface area contributed by atoms with E-state index in [9.17, 15) is 14.4 Å². The first-order valence-corrected chi connectivity index (χ1v) is 10.5. The second-order valence-corrected chi connectivity index (χ2v) is 7.63. The van der Waals surface area contributed by atoms with Gasteiger partial charge in [-0.3, -0.25) is 25.2 Å². The minimum Gasteiger partial charge on any atom is -0.484 e. The van der Waals surface area contributed by atoms with Crippen molar-refractivity contribution in [3.8, 4) is 17.0 Å². The summed E-state index contributed by atoms with van der Waals surface area (Å²) in [7, 11) is 0. The van der Waals surface area contributed by atoms with E-state index in [0.29, 0.717) is 27.9 Å². The molecule has 34 heavy (non-hydrogen) atoms. The molecule has 0 aliphatic rings. The maximum atomic E-state index is 13.0. The third kappa shape index (κ3) is 5.18. The van der Waals surface area contributed by atoms with Gasteiger partial charge in [0.1, 0.15) is 5.75 Å². The van der Waals surface area contributed by atoms with Crippen LogP contribution in [-0.4, -0.2) is 29.3 Å². The van der Waals surface area contributed by atoms with Gasteiger partial charge in [-0.25, -0.2) is 4.98 Å². The van der Waals surface area contributed by atoms with Crippen LogP contribution in [0.3, 0.4) is 0 Å². The molecule has 0 aliphatic carbocycles. The van der Waals surface area contributed by atoms with E-state index < -0.39 is 17.7 Å². The quantitative estimate of drug-likeness (QED) is 0.386. The average Bonchev–Trinajstić information content (AvgIpc) is 2.85. The summed E-state index contributed by atoms with van der Waals surface area (Å²) < 4.78 is 5.22. The zero-order valence-electron chi connectivity index (χ0n) is 18.4. The third-order valence-corrected chi connectivity index (χ3v) is 5.08. The van der Waals surface area contributed by atoms with Gasteiger partial charge in [0, 0.05) is 16.5 Å². The van der Waals surface area contributed by atoms with Crippen LogP contribution in [0, 0.1) is 6.92 Å². The van der Waals surface area contributed by atoms with Crippen LogP contribution < -0.4 is 21.3 Å². The summed E-state index contributed by atoms with van der Waals surface area (Å²) in [6.07, 6.45) is 0. The highest BCUT2D eigenvalue weighted by Crippen LogP contribution is 2.25. The highest BCUT2D eigenvalue weighted by atomic mass is 16.5. The van der Waals surface area contributed by atoms with Crippen molar-refractivity contribution >= 4 is 28.6 Å². The maximum Gasteiger partial charge on any atom is 0.270 e. The molecule has 3 amide bonds. The van der Waals surface area contributed by atoms with Gasteiger partial charge in [0.05, 0.1) is 16.8 Å². The molecule has 1 aromatic heterocycles. The molecule has 4 N–H and O–H groups in total. The lowest BCUT2D eigenvalue weighted by atomic mass is 10.0. The number of rotatable bonds is 6. The van der Waals surface area contributed by atoms with Gasteiger partial charge >= 0.3 is 0 Å². The number of para-hydroxylation sites is 1. The fourth-order valence-corrected chi connectivity index (χ4v) is 3.37. The first kappa shape index (κ1) is 22.5. The number of aromatic nitrogens is 1. The van der Waals surface area contributed by atoms with Gasteiger partial charge in [0.2, 0.25) is 0 Å². The summed E-state index contributed by atoms with van der Waals surface area (Å²) in [6.45, 7) is 1.69. The number of nitrogens with one attached hydrogen (secondary N) is 2. The van der Waals surface area contributed by atoms with Crippen molar-refractivity contribution in [3.63, 3.8) is 0 Å². The van der Waals surface area contributed by atoms with E-state index in [-0.39, 0.29) is 12.2 Å². The summed E-state index contributed by atoms with van der Waals surface area (Å²) in [4.78, 5) is 41.2. The second-order valence-electron chi connectivity index (χ2n) is 7.63. The van der Waals surface area contributed by atoms with E-state index in [1.165, 1.54) is 6.07 Å². The molecule has 8 heteroatoms. The molecule has 4 aromatic rings. The van der Waals surface area contributed by atoms with Crippen LogP contribution in [-0.2, 0) is 4.79 Å². The van der Waals surface area contributed by atoms with Crippen molar-refractivity contribution in [1.29, 1.82) is 0 Å². The summed E-state index contributed by atoms with van der Waals surface area (Å²) in [5, 5.41) is 0.659. The normalized spacial score (nSPS) is 10.5. The number of pyridine rings is 1. The Kier molecular flexibility index (Phi) is 6.49. The molecular weight excluding hydrogens is 432 g/mol. The van der Waals surface area contributed by atoms with Gasteiger partial charge in [-0.15, -0.1) is 0 Å². The number of carbonyl (C=O) groups is 3. The Bertz CT molecular complexity index is 1380. The minimum atomic E-state index is -0.628. The SMILES string of the molecule is Cc1ccc(-c2cc(C(=O)NNC(=O)c3cccc(OCC(N)=O)c3)c3ccccc3n2)cc1. The molecule has 0 spiro atoms. The summed E-state index contributed by atoms with van der Waals surface area (Å²) in [6, 6.07) is 23.0. The molecule has 0 saturated heterocycles. The molecule has 170 valence electrons. The van der Waals surface area contributed by atoms with Crippen LogP contribution in [0.2, 0.25) is 0 Å². The number of carbonyl (C=O) groups excluding carboxylic acids is 3. The van der Waals surface area contributed by atoms with Crippen molar-refractivity contribution < 1.29 is 19.1 Å². The Balaban J connectivity index is 1.55. The Hall–Kier alpha value is -4.72. The van der Waals surface area contributed by atoms with Crippen LogP contribution >= 0.6 is 0 Å². The van der Waals surface area contributed by atoms with Crippen LogP contribution in [0.1, 0.15) is 26.3 Å². The lowest BCUT2D eigenvalue weighted by Gasteiger charge is -2.12. The molecule has 0 fully saturated rings. The van der Waals surface area contributed by atoms with E-state index in [2.05, 4.69) is 15.8 Å². The number of amides is 3. The number of nitrogens with two attached hydrogens (primary N) is 1. The highest BCUT2D eigenvalue weighted by molar-refractivity contribution is 6.08. The van der Waals surface area contributed by atoms with Gasteiger partial charge in [-0.1, -0.05) is 54.1 Å². The molecule has 4 rings (SSSR count). The molecule has 0 radical (unpaired) electrons. The van der Waals surface area contributed by atoms with Crippen LogP contribution in [0.25, 0.3) is 22.2 Å². The van der Waals surface area contributed by atoms with Crippen molar-refractivity contribution in [3.05, 3.63) is 95.6 Å². The minimum absolute atomic E-state index is 0.238. The Morgan fingerprint density at radius 2 is 1.62 bits per heavy atom. The highest BCUT2D eigenvalue weighted by Gasteiger charge is 2.15. The molecule has 3 aromatic carbocycles. The van der Waals surface area contributed by atoms with Gasteiger partial charge in [0.25, 0.3) is 17.7 Å². The van der Waals surface area contributed by atoms with Crippen molar-refractivity contribution in [2.24, 2.45) is 5.73 Å². The average molecular weight is 454 g/mol. The molecule has 0 aliphatic heterocycles. The summed E-state index contributed by atoms with van der Waals surface area (Å²) >= 11 is 0. The van der Waals surface area contributed by atoms with E-state index in [4.69, 9.17) is 10.5 Å². The predicted octanol–water partition coefficient (Wildman–Crippen LogP) is 3.15. The Labute approximate surface area is 195 Å². The van der Waals surface area contributed by atoms with Crippen LogP contribution in [0.4, 0.5) is 0 Å². The number of hydrogen-bond acceptors (Lipinski definition) is 5. The number of aryl methyl sites for hydroxylation is 1. The largest absolute Gasteiger partial charge is 0.484 e. The van der Waals surface area contributed by atoms with E-state index in [1.54, 1.807) is 30.3 Å². The Morgan fingerprint density at radius 1 is 0.882 bits per heavy atom. The van der Waals surface area contributed by atoms with Crippen LogP contribution in [0.15, 0.2) is 78.9 Å². The first-order chi connectivity index (χ1) is 16.4. The smallest absolute Gasteiger partial charge is 0.270 e. The number of primary amides is 1. The molecule has 0 unspecified atom stereocenters. The van der Waals surface area contributed by atoms with E-state index >= 15 is 0 Å². The second kappa shape index (κ2) is 9.83. The topological polar surface area (TPSA) is 123 Å². The number of ether oxygens (including phenoxy) is 1. The van der Waals surface area contributed by atoms with Gasteiger partial charge < -0.3 is 10.5 Å². The van der Waals surface area contributed by atoms with Crippen molar-refractivity contribution in [2.45, 2.75) is 6.92 Å². The fraction of sp³-hybridized carbons (Fsp3) is 0.0769. The predicted molar refractivity (Wildman–Crippen MR) is 128 cm³/mol. The van der Waals surface area contributed by atoms with E-state index in [1.807, 2.05) is 49.4 Å². The fourth-order valence-electron chi connectivity index (χ4n) is 3.37. The van der Waals surface area contributed by atoms with Gasteiger partial charge in [-0.05, 0) is 37.3 Å². The summed E-state index contributed by atoms with van der Waals surface area (Å²) in [5.41, 5.74) is 13.9. The zero-order valence-corrected chi connectivity index (χ0v) is 18.4. The lowest BCUT2D eigenvalue weighted by molar-refractivity contribution is -0.119. The molecule has 8 nitrogen and oxygen atoms in total. The third-order valence-electron chi connectivity index (χ3n) is 5.08. The number of fused-ring (bicyclic) bond motifs is 1.